The Morgan fingerprint density at radius 2 is 1.83 bits per heavy atom. The van der Waals surface area contributed by atoms with Gasteiger partial charge in [-0.15, -0.1) is 0 Å². The summed E-state index contributed by atoms with van der Waals surface area (Å²) in [7, 11) is 0. The first-order valence-electron chi connectivity index (χ1n) is 6.43. The van der Waals surface area contributed by atoms with E-state index in [0.717, 1.165) is 0 Å². The quantitative estimate of drug-likeness (QED) is 0.838. The van der Waals surface area contributed by atoms with E-state index in [1.807, 2.05) is 32.0 Å². The Hall–Kier alpha value is -1.35. The molecule has 0 aliphatic heterocycles. The average molecular weight is 248 g/mol. The maximum atomic E-state index is 11.8. The summed E-state index contributed by atoms with van der Waals surface area (Å²) in [5.41, 5.74) is 6.94. The number of carbonyl (C=O) groups is 1. The molecule has 1 rings (SSSR count). The first kappa shape index (κ1) is 14.7. The number of nitrogens with one attached hydrogen (secondary N) is 1. The third-order valence-electron chi connectivity index (χ3n) is 3.28. The topological polar surface area (TPSA) is 55.1 Å². The summed E-state index contributed by atoms with van der Waals surface area (Å²) >= 11 is 0. The normalized spacial score (nSPS) is 13.4. The van der Waals surface area contributed by atoms with Gasteiger partial charge in [-0.1, -0.05) is 58.0 Å². The highest BCUT2D eigenvalue weighted by atomic mass is 16.2. The van der Waals surface area contributed by atoms with Gasteiger partial charge in [-0.2, -0.15) is 0 Å². The predicted molar refractivity (Wildman–Crippen MR) is 75.3 cm³/mol. The molecule has 0 saturated heterocycles. The molecule has 0 heterocycles. The van der Waals surface area contributed by atoms with E-state index in [-0.39, 0.29) is 17.2 Å². The van der Waals surface area contributed by atoms with E-state index < -0.39 is 6.04 Å². The van der Waals surface area contributed by atoms with Gasteiger partial charge in [0.25, 0.3) is 0 Å². The van der Waals surface area contributed by atoms with E-state index in [1.54, 1.807) is 0 Å². The Morgan fingerprint density at radius 1 is 1.28 bits per heavy atom. The monoisotopic (exact) mass is 248 g/mol. The van der Waals surface area contributed by atoms with Crippen LogP contribution in [0.1, 0.15) is 33.3 Å². The highest BCUT2D eigenvalue weighted by Crippen LogP contribution is 2.21. The number of nitrogens with two attached hydrogens (primary N) is 1. The smallest absolute Gasteiger partial charge is 0.237 e. The van der Waals surface area contributed by atoms with Gasteiger partial charge >= 0.3 is 0 Å². The second-order valence-electron chi connectivity index (χ2n) is 5.74. The van der Waals surface area contributed by atoms with E-state index in [4.69, 9.17) is 5.73 Å². The molecular weight excluding hydrogens is 224 g/mol. The van der Waals surface area contributed by atoms with Crippen LogP contribution in [0.15, 0.2) is 30.3 Å². The summed E-state index contributed by atoms with van der Waals surface area (Å²) in [6, 6.07) is 9.74. The van der Waals surface area contributed by atoms with Crippen molar-refractivity contribution in [2.24, 2.45) is 11.7 Å². The summed E-state index contributed by atoms with van der Waals surface area (Å²) in [6.45, 7) is 8.72. The van der Waals surface area contributed by atoms with E-state index in [2.05, 4.69) is 31.3 Å². The summed E-state index contributed by atoms with van der Waals surface area (Å²) in [5.74, 6) is 0.0823. The lowest BCUT2D eigenvalue weighted by Crippen LogP contribution is -2.47. The fourth-order valence-electron chi connectivity index (χ4n) is 1.72. The van der Waals surface area contributed by atoms with Gasteiger partial charge in [-0.05, 0) is 11.5 Å². The van der Waals surface area contributed by atoms with Crippen molar-refractivity contribution in [2.75, 3.05) is 6.54 Å². The maximum absolute atomic E-state index is 11.8. The van der Waals surface area contributed by atoms with Crippen molar-refractivity contribution in [3.05, 3.63) is 35.9 Å². The first-order valence-corrected chi connectivity index (χ1v) is 6.43. The van der Waals surface area contributed by atoms with Crippen LogP contribution in [0.2, 0.25) is 0 Å². The molecule has 0 saturated carbocycles. The number of hydrogen-bond donors (Lipinski definition) is 2. The van der Waals surface area contributed by atoms with Crippen LogP contribution < -0.4 is 11.1 Å². The van der Waals surface area contributed by atoms with Gasteiger partial charge in [0, 0.05) is 12.0 Å². The zero-order valence-corrected chi connectivity index (χ0v) is 11.7. The van der Waals surface area contributed by atoms with Crippen LogP contribution in [0.25, 0.3) is 0 Å². The molecule has 0 aromatic heterocycles. The average Bonchev–Trinajstić information content (AvgIpc) is 2.36. The molecule has 18 heavy (non-hydrogen) atoms. The molecule has 1 aromatic rings. The van der Waals surface area contributed by atoms with E-state index in [1.165, 1.54) is 5.56 Å². The van der Waals surface area contributed by atoms with Gasteiger partial charge in [0.2, 0.25) is 5.91 Å². The molecule has 0 fully saturated rings. The largest absolute Gasteiger partial charge is 0.354 e. The number of amides is 1. The van der Waals surface area contributed by atoms with Gasteiger partial charge in [-0.25, -0.2) is 0 Å². The van der Waals surface area contributed by atoms with E-state index >= 15 is 0 Å². The molecule has 1 unspecified atom stereocenters. The molecule has 0 spiro atoms. The van der Waals surface area contributed by atoms with Crippen LogP contribution in [0.5, 0.6) is 0 Å². The molecule has 3 nitrogen and oxygen atoms in total. The maximum Gasteiger partial charge on any atom is 0.237 e. The van der Waals surface area contributed by atoms with Gasteiger partial charge in [0.1, 0.15) is 0 Å². The molecule has 0 radical (unpaired) electrons. The number of hydrogen-bond acceptors (Lipinski definition) is 2. The predicted octanol–water partition coefficient (Wildman–Crippen LogP) is 2.06. The molecule has 3 heteroatoms. The van der Waals surface area contributed by atoms with Crippen LogP contribution in [-0.2, 0) is 10.2 Å². The molecule has 1 atom stereocenters. The second kappa shape index (κ2) is 6.01. The Morgan fingerprint density at radius 3 is 2.33 bits per heavy atom. The number of carbonyl (C=O) groups excluding carboxylic acids is 1. The lowest BCUT2D eigenvalue weighted by atomic mass is 9.84. The van der Waals surface area contributed by atoms with Crippen molar-refractivity contribution in [3.63, 3.8) is 0 Å². The molecule has 0 aliphatic rings. The third-order valence-corrected chi connectivity index (χ3v) is 3.28. The standard InChI is InChI=1S/C15H24N2O/c1-11(2)13(16)14(18)17-10-15(3,4)12-8-6-5-7-9-12/h5-9,11,13H,10,16H2,1-4H3,(H,17,18). The minimum Gasteiger partial charge on any atom is -0.354 e. The van der Waals surface area contributed by atoms with Crippen LogP contribution >= 0.6 is 0 Å². The third kappa shape index (κ3) is 3.84. The van der Waals surface area contributed by atoms with Gasteiger partial charge in [0.15, 0.2) is 0 Å². The molecule has 0 aliphatic carbocycles. The zero-order chi connectivity index (χ0) is 13.8. The summed E-state index contributed by atoms with van der Waals surface area (Å²) in [6.07, 6.45) is 0. The molecular formula is C15H24N2O. The fourth-order valence-corrected chi connectivity index (χ4v) is 1.72. The summed E-state index contributed by atoms with van der Waals surface area (Å²) < 4.78 is 0. The second-order valence-corrected chi connectivity index (χ2v) is 5.74. The Bertz CT molecular complexity index is 385. The molecule has 3 N–H and O–H groups in total. The zero-order valence-electron chi connectivity index (χ0n) is 11.7. The molecule has 1 aromatic carbocycles. The number of rotatable bonds is 5. The molecule has 0 bridgehead atoms. The number of benzene rings is 1. The SMILES string of the molecule is CC(C)C(N)C(=O)NCC(C)(C)c1ccccc1. The van der Waals surface area contributed by atoms with E-state index in [0.29, 0.717) is 6.54 Å². The summed E-state index contributed by atoms with van der Waals surface area (Å²) in [5, 5.41) is 2.94. The van der Waals surface area contributed by atoms with Crippen molar-refractivity contribution >= 4 is 5.91 Å². The Kier molecular flexibility index (Phi) is 4.91. The van der Waals surface area contributed by atoms with Gasteiger partial charge in [0.05, 0.1) is 6.04 Å². The lowest BCUT2D eigenvalue weighted by molar-refractivity contribution is -0.123. The van der Waals surface area contributed by atoms with Crippen LogP contribution in [0.4, 0.5) is 0 Å². The van der Waals surface area contributed by atoms with Crippen LogP contribution in [0, 0.1) is 5.92 Å². The molecule has 1 amide bonds. The van der Waals surface area contributed by atoms with Crippen molar-refractivity contribution in [3.8, 4) is 0 Å². The van der Waals surface area contributed by atoms with Crippen molar-refractivity contribution in [1.82, 2.24) is 5.32 Å². The highest BCUT2D eigenvalue weighted by Gasteiger charge is 2.23. The van der Waals surface area contributed by atoms with Crippen molar-refractivity contribution in [2.45, 2.75) is 39.2 Å². The van der Waals surface area contributed by atoms with Crippen molar-refractivity contribution in [1.29, 1.82) is 0 Å². The Labute approximate surface area is 110 Å². The minimum atomic E-state index is -0.434. The van der Waals surface area contributed by atoms with Gasteiger partial charge in [-0.3, -0.25) is 4.79 Å². The fraction of sp³-hybridized carbons (Fsp3) is 0.533. The molecule has 100 valence electrons. The minimum absolute atomic E-state index is 0.0750. The Balaban J connectivity index is 2.60. The first-order chi connectivity index (χ1) is 8.34. The van der Waals surface area contributed by atoms with Crippen LogP contribution in [0.3, 0.4) is 0 Å². The van der Waals surface area contributed by atoms with Crippen LogP contribution in [-0.4, -0.2) is 18.5 Å². The lowest BCUT2D eigenvalue weighted by Gasteiger charge is -2.27. The highest BCUT2D eigenvalue weighted by molar-refractivity contribution is 5.81. The summed E-state index contributed by atoms with van der Waals surface area (Å²) in [4.78, 5) is 11.8. The van der Waals surface area contributed by atoms with Gasteiger partial charge < -0.3 is 11.1 Å². The van der Waals surface area contributed by atoms with E-state index in [9.17, 15) is 4.79 Å². The van der Waals surface area contributed by atoms with Crippen molar-refractivity contribution < 1.29 is 4.79 Å².